The van der Waals surface area contributed by atoms with Crippen molar-refractivity contribution in [2.75, 3.05) is 0 Å². The smallest absolute Gasteiger partial charge is 0.313 e. The number of amidine groups is 1. The van der Waals surface area contributed by atoms with Crippen LogP contribution in [0.5, 0.6) is 0 Å². The summed E-state index contributed by atoms with van der Waals surface area (Å²) in [6.07, 6.45) is 2.04. The van der Waals surface area contributed by atoms with E-state index in [1.165, 1.54) is 5.57 Å². The maximum Gasteiger partial charge on any atom is 0.313 e. The highest BCUT2D eigenvalue weighted by atomic mass is 16.5. The van der Waals surface area contributed by atoms with E-state index in [1.54, 1.807) is 0 Å². The number of hydroxylamine groups is 3. The molecule has 0 bridgehead atoms. The summed E-state index contributed by atoms with van der Waals surface area (Å²) in [5.41, 5.74) is 1.63. The Kier molecular flexibility index (Phi) is 3.62. The Morgan fingerprint density at radius 2 is 1.71 bits per heavy atom. The maximum absolute atomic E-state index is 12.6. The molecule has 4 heteroatoms. The van der Waals surface area contributed by atoms with Gasteiger partial charge in [-0.1, -0.05) is 18.2 Å². The van der Waals surface area contributed by atoms with Crippen molar-refractivity contribution >= 4 is 11.4 Å². The number of nitrogens with zero attached hydrogens (tertiary/aromatic N) is 2. The second-order valence-corrected chi connectivity index (χ2v) is 6.60. The van der Waals surface area contributed by atoms with Crippen molar-refractivity contribution in [2.24, 2.45) is 0 Å². The molecule has 4 nitrogen and oxygen atoms in total. The third-order valence-electron chi connectivity index (χ3n) is 4.96. The molecule has 114 valence electrons. The Balaban J connectivity index is 2.50. The monoisotopic (exact) mass is 288 g/mol. The quantitative estimate of drug-likeness (QED) is 0.668. The van der Waals surface area contributed by atoms with Gasteiger partial charge in [-0.3, -0.25) is 4.74 Å². The first kappa shape index (κ1) is 15.6. The molecule has 1 N–H and O–H groups in total. The van der Waals surface area contributed by atoms with E-state index in [4.69, 9.17) is 0 Å². The molecule has 1 aliphatic heterocycles. The number of hydrogen-bond donors (Lipinski definition) is 1. The van der Waals surface area contributed by atoms with Gasteiger partial charge in [0.1, 0.15) is 5.54 Å². The molecule has 0 saturated heterocycles. The van der Waals surface area contributed by atoms with Crippen LogP contribution >= 0.6 is 0 Å². The predicted octanol–water partition coefficient (Wildman–Crippen LogP) is 3.63. The first-order valence-electron chi connectivity index (χ1n) is 7.21. The molecular formula is C17H24N2O2. The fourth-order valence-corrected chi connectivity index (χ4v) is 2.41. The minimum atomic E-state index is -0.713. The molecule has 0 amide bonds. The van der Waals surface area contributed by atoms with Crippen molar-refractivity contribution in [3.63, 3.8) is 0 Å². The molecule has 0 aliphatic carbocycles. The lowest BCUT2D eigenvalue weighted by Crippen LogP contribution is -2.53. The molecule has 2 rings (SSSR count). The van der Waals surface area contributed by atoms with E-state index >= 15 is 0 Å². The number of benzene rings is 1. The summed E-state index contributed by atoms with van der Waals surface area (Å²) in [6, 6.07) is 7.70. The molecule has 1 heterocycles. The highest BCUT2D eigenvalue weighted by Gasteiger charge is 2.58. The lowest BCUT2D eigenvalue weighted by molar-refractivity contribution is -0.539. The van der Waals surface area contributed by atoms with E-state index in [-0.39, 0.29) is 0 Å². The first-order chi connectivity index (χ1) is 9.64. The van der Waals surface area contributed by atoms with Gasteiger partial charge in [-0.25, -0.2) is 5.21 Å². The van der Waals surface area contributed by atoms with Crippen LogP contribution in [0.15, 0.2) is 30.3 Å². The molecule has 0 saturated carbocycles. The molecule has 0 spiro atoms. The Hall–Kier alpha value is -1.81. The van der Waals surface area contributed by atoms with Gasteiger partial charge >= 0.3 is 5.84 Å². The van der Waals surface area contributed by atoms with Gasteiger partial charge in [0.05, 0.1) is 5.56 Å². The Bertz CT molecular complexity index is 610. The summed E-state index contributed by atoms with van der Waals surface area (Å²) < 4.78 is 0.907. The van der Waals surface area contributed by atoms with Gasteiger partial charge in [-0.05, 0) is 64.8 Å². The summed E-state index contributed by atoms with van der Waals surface area (Å²) in [5.74, 6) is 0.301. The van der Waals surface area contributed by atoms with Crippen molar-refractivity contribution in [3.8, 4) is 0 Å². The molecule has 1 aromatic rings. The van der Waals surface area contributed by atoms with Gasteiger partial charge < -0.3 is 5.21 Å². The van der Waals surface area contributed by atoms with Crippen molar-refractivity contribution in [2.45, 2.75) is 52.6 Å². The highest BCUT2D eigenvalue weighted by Crippen LogP contribution is 2.37. The zero-order chi connectivity index (χ0) is 16.0. The third-order valence-corrected chi connectivity index (χ3v) is 4.96. The number of hydrogen-bond acceptors (Lipinski definition) is 3. The van der Waals surface area contributed by atoms with E-state index in [9.17, 15) is 10.4 Å². The van der Waals surface area contributed by atoms with Crippen molar-refractivity contribution in [1.29, 1.82) is 0 Å². The molecule has 21 heavy (non-hydrogen) atoms. The summed E-state index contributed by atoms with van der Waals surface area (Å²) >= 11 is 0. The summed E-state index contributed by atoms with van der Waals surface area (Å²) in [5, 5.41) is 24.1. The second-order valence-electron chi connectivity index (χ2n) is 6.60. The normalized spacial score (nSPS) is 21.1. The average molecular weight is 288 g/mol. The minimum absolute atomic E-state index is 0.301. The van der Waals surface area contributed by atoms with E-state index < -0.39 is 11.1 Å². The number of allylic oxidation sites excluding steroid dienone is 2. The van der Waals surface area contributed by atoms with Crippen LogP contribution in [0.1, 0.15) is 52.7 Å². The summed E-state index contributed by atoms with van der Waals surface area (Å²) in [6.45, 7) is 11.5. The van der Waals surface area contributed by atoms with Crippen molar-refractivity contribution < 1.29 is 9.95 Å². The predicted molar refractivity (Wildman–Crippen MR) is 85.3 cm³/mol. The van der Waals surface area contributed by atoms with Crippen LogP contribution in [0.3, 0.4) is 0 Å². The molecule has 0 radical (unpaired) electrons. The van der Waals surface area contributed by atoms with Crippen LogP contribution < -0.4 is 0 Å². The van der Waals surface area contributed by atoms with E-state index in [1.807, 2.05) is 71.9 Å². The maximum atomic E-state index is 12.6. The molecule has 0 atom stereocenters. The molecule has 1 aliphatic rings. The zero-order valence-electron chi connectivity index (χ0n) is 13.6. The Labute approximate surface area is 126 Å². The fourth-order valence-electron chi connectivity index (χ4n) is 2.41. The minimum Gasteiger partial charge on any atom is -0.714 e. The third kappa shape index (κ3) is 2.14. The molecule has 0 aromatic heterocycles. The largest absolute Gasteiger partial charge is 0.714 e. The Morgan fingerprint density at radius 1 is 1.19 bits per heavy atom. The van der Waals surface area contributed by atoms with Crippen LogP contribution in [-0.4, -0.2) is 31.9 Å². The fraction of sp³-hybridized carbons (Fsp3) is 0.471. The molecule has 1 aromatic carbocycles. The van der Waals surface area contributed by atoms with Gasteiger partial charge in [0.15, 0.2) is 5.54 Å². The van der Waals surface area contributed by atoms with Crippen LogP contribution in [0.2, 0.25) is 0 Å². The highest BCUT2D eigenvalue weighted by molar-refractivity contribution is 5.96. The topological polar surface area (TPSA) is 49.5 Å². The summed E-state index contributed by atoms with van der Waals surface area (Å²) in [7, 11) is 0. The molecule has 0 unspecified atom stereocenters. The number of rotatable bonds is 2. The van der Waals surface area contributed by atoms with Crippen molar-refractivity contribution in [3.05, 3.63) is 46.7 Å². The van der Waals surface area contributed by atoms with Crippen molar-refractivity contribution in [1.82, 2.24) is 5.06 Å². The second kappa shape index (κ2) is 4.88. The molecule has 0 fully saturated rings. The van der Waals surface area contributed by atoms with Crippen LogP contribution in [0, 0.1) is 5.21 Å². The Morgan fingerprint density at radius 3 is 2.10 bits per heavy atom. The molecular weight excluding hydrogens is 264 g/mol. The standard InChI is InChI=1S/C17H24N2O2/c1-7-12(2)13-8-10-14(11-9-13)15-18(20)16(3,4)17(5,6)19(15)21/h7-11,20H,1-6H3/b12-7-. The first-order valence-corrected chi connectivity index (χ1v) is 7.21. The average Bonchev–Trinajstić information content (AvgIpc) is 2.57. The van der Waals surface area contributed by atoms with Gasteiger partial charge in [-0.15, -0.1) is 5.06 Å². The van der Waals surface area contributed by atoms with Crippen LogP contribution in [0.4, 0.5) is 0 Å². The van der Waals surface area contributed by atoms with Gasteiger partial charge in [0, 0.05) is 0 Å². The summed E-state index contributed by atoms with van der Waals surface area (Å²) in [4.78, 5) is 0. The van der Waals surface area contributed by atoms with Gasteiger partial charge in [0.2, 0.25) is 0 Å². The van der Waals surface area contributed by atoms with Gasteiger partial charge in [-0.2, -0.15) is 0 Å². The van der Waals surface area contributed by atoms with E-state index in [0.717, 1.165) is 20.9 Å². The SMILES string of the molecule is C/C=C(/C)c1ccc(C2=[N+]([O-])C(C)(C)C(C)(C)N2O)cc1. The van der Waals surface area contributed by atoms with E-state index in [2.05, 4.69) is 0 Å². The van der Waals surface area contributed by atoms with Gasteiger partial charge in [0.25, 0.3) is 0 Å². The lowest BCUT2D eigenvalue weighted by Gasteiger charge is -2.33. The van der Waals surface area contributed by atoms with Crippen LogP contribution in [-0.2, 0) is 0 Å². The van der Waals surface area contributed by atoms with E-state index in [0.29, 0.717) is 5.84 Å². The lowest BCUT2D eigenvalue weighted by atomic mass is 9.84. The van der Waals surface area contributed by atoms with Crippen LogP contribution in [0.25, 0.3) is 5.57 Å². The zero-order valence-corrected chi connectivity index (χ0v) is 13.6.